The number of rotatable bonds is 7. The van der Waals surface area contributed by atoms with Crippen molar-refractivity contribution >= 4 is 5.91 Å². The molecule has 0 fully saturated rings. The second kappa shape index (κ2) is 8.94. The standard InChI is InChI=1S/C23H31NO3/c1-14(2)20-12-21(17(5)11-22(20)26-7)18(6)24-23(25)13-27-19-9-8-15(3)16(4)10-19/h8-12,14,18H,13H2,1-7H3,(H,24,25)/t18-/m0/s1. The summed E-state index contributed by atoms with van der Waals surface area (Å²) in [4.78, 5) is 12.3. The summed E-state index contributed by atoms with van der Waals surface area (Å²) in [7, 11) is 1.69. The van der Waals surface area contributed by atoms with E-state index in [2.05, 4.69) is 32.2 Å². The lowest BCUT2D eigenvalue weighted by molar-refractivity contribution is -0.123. The molecule has 0 aliphatic rings. The normalized spacial score (nSPS) is 12.0. The van der Waals surface area contributed by atoms with Gasteiger partial charge in [-0.2, -0.15) is 0 Å². The molecule has 0 spiro atoms. The minimum atomic E-state index is -0.137. The van der Waals surface area contributed by atoms with Crippen LogP contribution in [0.5, 0.6) is 11.5 Å². The fourth-order valence-electron chi connectivity index (χ4n) is 3.12. The van der Waals surface area contributed by atoms with Crippen molar-refractivity contribution in [2.24, 2.45) is 0 Å². The third kappa shape index (κ3) is 5.25. The number of carbonyl (C=O) groups is 1. The Morgan fingerprint density at radius 2 is 1.67 bits per heavy atom. The molecule has 27 heavy (non-hydrogen) atoms. The molecule has 1 atom stereocenters. The van der Waals surface area contributed by atoms with Crippen LogP contribution in [-0.4, -0.2) is 19.6 Å². The summed E-state index contributed by atoms with van der Waals surface area (Å²) >= 11 is 0. The summed E-state index contributed by atoms with van der Waals surface area (Å²) in [5, 5.41) is 3.03. The zero-order chi connectivity index (χ0) is 20.1. The van der Waals surface area contributed by atoms with E-state index in [1.807, 2.05) is 45.0 Å². The molecule has 4 heteroatoms. The number of hydrogen-bond donors (Lipinski definition) is 1. The number of carbonyl (C=O) groups excluding carboxylic acids is 1. The van der Waals surface area contributed by atoms with E-state index in [1.165, 1.54) is 5.56 Å². The zero-order valence-electron chi connectivity index (χ0n) is 17.5. The molecule has 2 aromatic carbocycles. The molecule has 0 aromatic heterocycles. The van der Waals surface area contributed by atoms with Crippen molar-refractivity contribution < 1.29 is 14.3 Å². The average Bonchev–Trinajstić information content (AvgIpc) is 2.61. The van der Waals surface area contributed by atoms with Crippen LogP contribution in [0.15, 0.2) is 30.3 Å². The highest BCUT2D eigenvalue weighted by Gasteiger charge is 2.17. The highest BCUT2D eigenvalue weighted by Crippen LogP contribution is 2.32. The van der Waals surface area contributed by atoms with Crippen molar-refractivity contribution in [3.05, 3.63) is 58.1 Å². The highest BCUT2D eigenvalue weighted by atomic mass is 16.5. The van der Waals surface area contributed by atoms with Crippen molar-refractivity contribution in [1.29, 1.82) is 0 Å². The van der Waals surface area contributed by atoms with Crippen LogP contribution in [0.25, 0.3) is 0 Å². The molecule has 4 nitrogen and oxygen atoms in total. The minimum absolute atomic E-state index is 0.000912. The zero-order valence-corrected chi connectivity index (χ0v) is 17.5. The molecule has 0 bridgehead atoms. The Hall–Kier alpha value is -2.49. The Bertz CT molecular complexity index is 812. The summed E-state index contributed by atoms with van der Waals surface area (Å²) in [6.07, 6.45) is 0. The fraction of sp³-hybridized carbons (Fsp3) is 0.435. The molecule has 2 rings (SSSR count). The van der Waals surface area contributed by atoms with Gasteiger partial charge in [0, 0.05) is 0 Å². The first-order chi connectivity index (χ1) is 12.7. The second-order valence-corrected chi connectivity index (χ2v) is 7.43. The van der Waals surface area contributed by atoms with Gasteiger partial charge in [0.2, 0.25) is 0 Å². The summed E-state index contributed by atoms with van der Waals surface area (Å²) in [6, 6.07) is 9.91. The van der Waals surface area contributed by atoms with Gasteiger partial charge in [0.15, 0.2) is 6.61 Å². The van der Waals surface area contributed by atoms with Gasteiger partial charge in [-0.1, -0.05) is 19.9 Å². The summed E-state index contributed by atoms with van der Waals surface area (Å²) in [5.41, 5.74) is 5.69. The number of amides is 1. The van der Waals surface area contributed by atoms with Crippen molar-refractivity contribution in [1.82, 2.24) is 5.32 Å². The molecule has 0 unspecified atom stereocenters. The van der Waals surface area contributed by atoms with Crippen molar-refractivity contribution in [2.45, 2.75) is 53.5 Å². The topological polar surface area (TPSA) is 47.6 Å². The Morgan fingerprint density at radius 1 is 0.963 bits per heavy atom. The molecule has 0 radical (unpaired) electrons. The second-order valence-electron chi connectivity index (χ2n) is 7.43. The Labute approximate surface area is 162 Å². The van der Waals surface area contributed by atoms with Gasteiger partial charge in [0.1, 0.15) is 11.5 Å². The van der Waals surface area contributed by atoms with Gasteiger partial charge in [-0.25, -0.2) is 0 Å². The molecule has 1 N–H and O–H groups in total. The number of hydrogen-bond acceptors (Lipinski definition) is 3. The monoisotopic (exact) mass is 369 g/mol. The molecule has 0 saturated heterocycles. The first-order valence-corrected chi connectivity index (χ1v) is 9.40. The quantitative estimate of drug-likeness (QED) is 0.747. The van der Waals surface area contributed by atoms with Gasteiger partial charge in [-0.3, -0.25) is 4.79 Å². The molecular weight excluding hydrogens is 338 g/mol. The van der Waals surface area contributed by atoms with Crippen LogP contribution in [0.2, 0.25) is 0 Å². The van der Waals surface area contributed by atoms with Crippen molar-refractivity contribution in [2.75, 3.05) is 13.7 Å². The smallest absolute Gasteiger partial charge is 0.258 e. The molecule has 146 valence electrons. The van der Waals surface area contributed by atoms with E-state index in [-0.39, 0.29) is 18.6 Å². The SMILES string of the molecule is COc1cc(C)c([C@H](C)NC(=O)COc2ccc(C)c(C)c2)cc1C(C)C. The number of nitrogens with one attached hydrogen (secondary N) is 1. The van der Waals surface area contributed by atoms with Crippen LogP contribution in [0.3, 0.4) is 0 Å². The van der Waals surface area contributed by atoms with Crippen LogP contribution in [0, 0.1) is 20.8 Å². The predicted molar refractivity (Wildman–Crippen MR) is 110 cm³/mol. The van der Waals surface area contributed by atoms with E-state index in [4.69, 9.17) is 9.47 Å². The van der Waals surface area contributed by atoms with Gasteiger partial charge in [-0.15, -0.1) is 0 Å². The van der Waals surface area contributed by atoms with Crippen LogP contribution in [0.4, 0.5) is 0 Å². The summed E-state index contributed by atoms with van der Waals surface area (Å²) in [5.74, 6) is 1.81. The highest BCUT2D eigenvalue weighted by molar-refractivity contribution is 5.78. The summed E-state index contributed by atoms with van der Waals surface area (Å²) < 4.78 is 11.1. The van der Waals surface area contributed by atoms with Gasteiger partial charge in [0.25, 0.3) is 5.91 Å². The van der Waals surface area contributed by atoms with Gasteiger partial charge in [0.05, 0.1) is 13.2 Å². The lowest BCUT2D eigenvalue weighted by Crippen LogP contribution is -2.31. The van der Waals surface area contributed by atoms with Crippen LogP contribution >= 0.6 is 0 Å². The van der Waals surface area contributed by atoms with Gasteiger partial charge < -0.3 is 14.8 Å². The molecule has 2 aromatic rings. The van der Waals surface area contributed by atoms with Gasteiger partial charge in [-0.05, 0) is 85.7 Å². The number of methoxy groups -OCH3 is 1. The number of ether oxygens (including phenoxy) is 2. The van der Waals surface area contributed by atoms with Gasteiger partial charge >= 0.3 is 0 Å². The van der Waals surface area contributed by atoms with Crippen molar-refractivity contribution in [3.63, 3.8) is 0 Å². The van der Waals surface area contributed by atoms with Crippen LogP contribution in [0.1, 0.15) is 60.5 Å². The largest absolute Gasteiger partial charge is 0.496 e. The van der Waals surface area contributed by atoms with E-state index < -0.39 is 0 Å². The lowest BCUT2D eigenvalue weighted by atomic mass is 9.93. The molecule has 0 aliphatic carbocycles. The minimum Gasteiger partial charge on any atom is -0.496 e. The Morgan fingerprint density at radius 3 is 2.26 bits per heavy atom. The number of benzene rings is 2. The maximum Gasteiger partial charge on any atom is 0.258 e. The third-order valence-electron chi connectivity index (χ3n) is 4.93. The predicted octanol–water partition coefficient (Wildman–Crippen LogP) is 5.00. The van der Waals surface area contributed by atoms with E-state index in [9.17, 15) is 4.79 Å². The van der Waals surface area contributed by atoms with E-state index in [0.717, 1.165) is 28.0 Å². The lowest BCUT2D eigenvalue weighted by Gasteiger charge is -2.21. The maximum absolute atomic E-state index is 12.3. The maximum atomic E-state index is 12.3. The van der Waals surface area contributed by atoms with Crippen molar-refractivity contribution in [3.8, 4) is 11.5 Å². The Kier molecular flexibility index (Phi) is 6.89. The average molecular weight is 370 g/mol. The van der Waals surface area contributed by atoms with E-state index in [1.54, 1.807) is 7.11 Å². The molecule has 0 saturated carbocycles. The summed E-state index contributed by atoms with van der Waals surface area (Å²) in [6.45, 7) is 12.4. The Balaban J connectivity index is 2.05. The fourth-order valence-corrected chi connectivity index (χ4v) is 3.12. The first kappa shape index (κ1) is 20.8. The molecule has 1 amide bonds. The third-order valence-corrected chi connectivity index (χ3v) is 4.93. The number of aryl methyl sites for hydroxylation is 3. The van der Waals surface area contributed by atoms with Crippen LogP contribution in [-0.2, 0) is 4.79 Å². The molecular formula is C23H31NO3. The first-order valence-electron chi connectivity index (χ1n) is 9.40. The molecule has 0 heterocycles. The van der Waals surface area contributed by atoms with E-state index >= 15 is 0 Å². The van der Waals surface area contributed by atoms with E-state index in [0.29, 0.717) is 11.7 Å². The molecule has 0 aliphatic heterocycles. The van der Waals surface area contributed by atoms with Crippen LogP contribution < -0.4 is 14.8 Å².